The maximum Gasteiger partial charge on any atom is 0.289 e. The fourth-order valence-electron chi connectivity index (χ4n) is 4.63. The van der Waals surface area contributed by atoms with Crippen molar-refractivity contribution in [2.45, 2.75) is 32.9 Å². The van der Waals surface area contributed by atoms with Crippen LogP contribution in [0.4, 0.5) is 0 Å². The summed E-state index contributed by atoms with van der Waals surface area (Å²) in [6.45, 7) is 5.84. The van der Waals surface area contributed by atoms with E-state index in [1.54, 1.807) is 11.1 Å². The predicted octanol–water partition coefficient (Wildman–Crippen LogP) is 3.73. The van der Waals surface area contributed by atoms with Gasteiger partial charge in [-0.1, -0.05) is 64.0 Å². The third-order valence-electron chi connectivity index (χ3n) is 6.04. The monoisotopic (exact) mass is 511 g/mol. The van der Waals surface area contributed by atoms with E-state index in [9.17, 15) is 4.79 Å². The number of aliphatic hydroxyl groups excluding tert-OH is 1. The minimum absolute atomic E-state index is 0.0911. The van der Waals surface area contributed by atoms with Gasteiger partial charge in [0.2, 0.25) is 0 Å². The smallest absolute Gasteiger partial charge is 0.289 e. The summed E-state index contributed by atoms with van der Waals surface area (Å²) in [5.74, 6) is 0.392. The first kappa shape index (κ1) is 23.2. The molecule has 2 aromatic carbocycles. The van der Waals surface area contributed by atoms with Crippen LogP contribution in [-0.4, -0.2) is 55.6 Å². The number of amides is 1. The molecule has 174 valence electrons. The molecule has 2 aliphatic rings. The van der Waals surface area contributed by atoms with Crippen molar-refractivity contribution in [3.05, 3.63) is 88.6 Å². The maximum absolute atomic E-state index is 13.6. The molecule has 3 N–H and O–H groups in total. The Morgan fingerprint density at radius 1 is 1.21 bits per heavy atom. The van der Waals surface area contributed by atoms with Crippen LogP contribution in [0.1, 0.15) is 29.2 Å². The number of nitrogens with two attached hydrogens (primary N) is 1. The minimum atomic E-state index is -0.0911. The number of aliphatic hydroxyl groups is 1. The molecule has 1 amide bonds. The molecule has 0 spiro atoms. The van der Waals surface area contributed by atoms with E-state index in [1.807, 2.05) is 59.2 Å². The lowest BCUT2D eigenvalue weighted by Gasteiger charge is -2.59. The molecule has 1 fully saturated rings. The number of hydrazine groups is 2. The summed E-state index contributed by atoms with van der Waals surface area (Å²) < 4.78 is 0. The number of carbonyl (C=O) groups is 1. The predicted molar refractivity (Wildman–Crippen MR) is 133 cm³/mol. The first-order chi connectivity index (χ1) is 16.0. The van der Waals surface area contributed by atoms with Crippen molar-refractivity contribution in [1.29, 1.82) is 0 Å². The zero-order valence-electron chi connectivity index (χ0n) is 19.0. The Balaban J connectivity index is 1.59. The van der Waals surface area contributed by atoms with Crippen molar-refractivity contribution in [3.8, 4) is 0 Å². The number of nitrogens with zero attached hydrogens (tertiary/aromatic N) is 4. The number of hydrogen-bond donors (Lipinski definition) is 2. The Hall–Kier alpha value is -2.97. The van der Waals surface area contributed by atoms with Gasteiger partial charge in [0.05, 0.1) is 24.3 Å². The Labute approximate surface area is 203 Å². The maximum atomic E-state index is 13.6. The quantitative estimate of drug-likeness (QED) is 0.319. The zero-order valence-corrected chi connectivity index (χ0v) is 20.6. The summed E-state index contributed by atoms with van der Waals surface area (Å²) in [6.07, 6.45) is 3.55. The van der Waals surface area contributed by atoms with Gasteiger partial charge in [0.25, 0.3) is 5.91 Å². The molecule has 2 aromatic rings. The van der Waals surface area contributed by atoms with Crippen LogP contribution in [0.15, 0.2) is 66.3 Å². The highest BCUT2D eigenvalue weighted by atomic mass is 79.9. The first-order valence-corrected chi connectivity index (χ1v) is 12.2. The number of aryl methyl sites for hydroxylation is 1. The van der Waals surface area contributed by atoms with Gasteiger partial charge in [-0.25, -0.2) is 0 Å². The number of halogens is 1. The summed E-state index contributed by atoms with van der Waals surface area (Å²) in [5, 5.41) is 14.9. The number of carbonyl (C=O) groups excluding carboxylic acids is 1. The number of rotatable bonds is 8. The third-order valence-corrected chi connectivity index (χ3v) is 6.64. The van der Waals surface area contributed by atoms with E-state index < -0.39 is 0 Å². The lowest BCUT2D eigenvalue weighted by Crippen LogP contribution is -2.75. The summed E-state index contributed by atoms with van der Waals surface area (Å²) in [4.78, 5) is 15.6. The molecule has 33 heavy (non-hydrogen) atoms. The molecule has 7 nitrogen and oxygen atoms in total. The van der Waals surface area contributed by atoms with Gasteiger partial charge in [-0.05, 0) is 49.1 Å². The summed E-state index contributed by atoms with van der Waals surface area (Å²) in [7, 11) is 0. The van der Waals surface area contributed by atoms with Crippen molar-refractivity contribution in [2.24, 2.45) is 5.73 Å². The highest BCUT2D eigenvalue weighted by Gasteiger charge is 2.49. The van der Waals surface area contributed by atoms with Gasteiger partial charge in [-0.15, -0.1) is 5.12 Å². The molecule has 1 unspecified atom stereocenters. The highest BCUT2D eigenvalue weighted by Crippen LogP contribution is 2.34. The summed E-state index contributed by atoms with van der Waals surface area (Å²) in [5.41, 5.74) is 11.8. The lowest BCUT2D eigenvalue weighted by molar-refractivity contribution is -0.268. The van der Waals surface area contributed by atoms with Crippen LogP contribution in [0.2, 0.25) is 0 Å². The summed E-state index contributed by atoms with van der Waals surface area (Å²) in [6, 6.07) is 16.6. The normalized spacial score (nSPS) is 18.6. The molecule has 0 radical (unpaired) electrons. The number of benzene rings is 2. The highest BCUT2D eigenvalue weighted by molar-refractivity contribution is 9.09. The van der Waals surface area contributed by atoms with Crippen molar-refractivity contribution in [1.82, 2.24) is 20.0 Å². The van der Waals surface area contributed by atoms with Crippen molar-refractivity contribution >= 4 is 27.9 Å². The second-order valence-corrected chi connectivity index (χ2v) is 8.89. The van der Waals surface area contributed by atoms with E-state index in [4.69, 9.17) is 10.8 Å². The third kappa shape index (κ3) is 4.58. The SMILES string of the molecule is CCN1C(=O)C(N(CBr)Cc2cc(C)cc(/C=C\O)c2)=C(N)N2CC(Cc3ccccc3)N12. The molecular formula is C25H30BrN5O2. The minimum Gasteiger partial charge on any atom is -0.516 e. The number of hydrogen-bond acceptors (Lipinski definition) is 6. The molecule has 0 aliphatic carbocycles. The standard InChI is InChI=1S/C25H30BrN5O2/c1-3-29-25(33)23(28(17-26)15-21-12-18(2)11-20(13-21)9-10-32)24(27)30-16-22(31(29)30)14-19-7-5-4-6-8-19/h4-13,22,32H,3,14-17,27H2,1-2H3/b10-9-. The van der Waals surface area contributed by atoms with E-state index in [1.165, 1.54) is 5.56 Å². The van der Waals surface area contributed by atoms with E-state index in [0.29, 0.717) is 30.1 Å². The average Bonchev–Trinajstić information content (AvgIpc) is 2.78. The second-order valence-electron chi connectivity index (χ2n) is 8.39. The number of alkyl halides is 1. The van der Waals surface area contributed by atoms with Crippen LogP contribution in [-0.2, 0) is 17.8 Å². The van der Waals surface area contributed by atoms with Gasteiger partial charge in [0.1, 0.15) is 11.5 Å². The molecule has 0 saturated carbocycles. The van der Waals surface area contributed by atoms with Crippen LogP contribution in [0, 0.1) is 6.92 Å². The molecular weight excluding hydrogens is 482 g/mol. The molecule has 4 rings (SSSR count). The van der Waals surface area contributed by atoms with Crippen molar-refractivity contribution in [2.75, 3.05) is 18.5 Å². The fourth-order valence-corrected chi connectivity index (χ4v) is 5.06. The topological polar surface area (TPSA) is 76.3 Å². The van der Waals surface area contributed by atoms with E-state index >= 15 is 0 Å². The van der Waals surface area contributed by atoms with Gasteiger partial charge in [-0.3, -0.25) is 14.8 Å². The van der Waals surface area contributed by atoms with Crippen LogP contribution in [0.3, 0.4) is 0 Å². The average molecular weight is 512 g/mol. The second kappa shape index (κ2) is 9.89. The Bertz CT molecular complexity index is 1070. The van der Waals surface area contributed by atoms with Crippen LogP contribution in [0.25, 0.3) is 6.08 Å². The molecule has 1 atom stereocenters. The lowest BCUT2D eigenvalue weighted by atomic mass is 10.0. The van der Waals surface area contributed by atoms with Gasteiger partial charge in [-0.2, -0.15) is 0 Å². The largest absolute Gasteiger partial charge is 0.516 e. The van der Waals surface area contributed by atoms with E-state index in [-0.39, 0.29) is 11.9 Å². The molecule has 2 aliphatic heterocycles. The van der Waals surface area contributed by atoms with Gasteiger partial charge in [0.15, 0.2) is 0 Å². The summed E-state index contributed by atoms with van der Waals surface area (Å²) >= 11 is 3.56. The number of likely N-dealkylation sites (N-methyl/N-ethyl adjacent to an activating group) is 1. The molecule has 0 aromatic heterocycles. The van der Waals surface area contributed by atoms with Gasteiger partial charge in [0, 0.05) is 13.1 Å². The van der Waals surface area contributed by atoms with Gasteiger partial charge >= 0.3 is 0 Å². The first-order valence-electron chi connectivity index (χ1n) is 11.1. The molecule has 0 bridgehead atoms. The molecule has 1 saturated heterocycles. The van der Waals surface area contributed by atoms with Gasteiger partial charge < -0.3 is 15.7 Å². The zero-order chi connectivity index (χ0) is 23.5. The van der Waals surface area contributed by atoms with Crippen LogP contribution in [0.5, 0.6) is 0 Å². The van der Waals surface area contributed by atoms with E-state index in [2.05, 4.69) is 34.1 Å². The van der Waals surface area contributed by atoms with Crippen LogP contribution >= 0.6 is 15.9 Å². The Morgan fingerprint density at radius 3 is 2.64 bits per heavy atom. The van der Waals surface area contributed by atoms with E-state index in [0.717, 1.165) is 35.9 Å². The molecule has 2 heterocycles. The van der Waals surface area contributed by atoms with Crippen molar-refractivity contribution < 1.29 is 9.90 Å². The Kier molecular flexibility index (Phi) is 6.95. The Morgan fingerprint density at radius 2 is 1.97 bits per heavy atom. The molecule has 8 heteroatoms. The number of fused-ring (bicyclic) bond motifs is 1. The van der Waals surface area contributed by atoms with Crippen LogP contribution < -0.4 is 5.73 Å². The van der Waals surface area contributed by atoms with Crippen molar-refractivity contribution in [3.63, 3.8) is 0 Å². The fraction of sp³-hybridized carbons (Fsp3) is 0.320.